The Morgan fingerprint density at radius 1 is 1.15 bits per heavy atom. The van der Waals surface area contributed by atoms with Crippen molar-refractivity contribution in [3.8, 4) is 0 Å². The second kappa shape index (κ2) is 6.71. The van der Waals surface area contributed by atoms with Crippen LogP contribution in [0.1, 0.15) is 75.7 Å². The molecule has 4 nitrogen and oxygen atoms in total. The zero-order chi connectivity index (χ0) is 19.1. The third-order valence-electron chi connectivity index (χ3n) is 5.87. The maximum Gasteiger partial charge on any atom is 0.338 e. The molecule has 0 N–H and O–H groups in total. The molecule has 3 rings (SSSR count). The number of hydrogen-bond donors (Lipinski definition) is 0. The van der Waals surface area contributed by atoms with E-state index in [1.54, 1.807) is 12.1 Å². The Morgan fingerprint density at radius 3 is 2.42 bits per heavy atom. The van der Waals surface area contributed by atoms with Gasteiger partial charge in [-0.15, -0.1) is 0 Å². The lowest BCUT2D eigenvalue weighted by molar-refractivity contribution is -0.135. The number of likely N-dealkylation sites (tertiary alicyclic amines) is 1. The minimum atomic E-state index is -0.428. The number of benzene rings is 1. The molecular formula is C22H31NO3. The van der Waals surface area contributed by atoms with E-state index in [0.29, 0.717) is 11.5 Å². The molecule has 2 bridgehead atoms. The van der Waals surface area contributed by atoms with Crippen LogP contribution < -0.4 is 0 Å². The van der Waals surface area contributed by atoms with Crippen LogP contribution in [0.4, 0.5) is 0 Å². The topological polar surface area (TPSA) is 46.6 Å². The quantitative estimate of drug-likeness (QED) is 0.751. The van der Waals surface area contributed by atoms with Gasteiger partial charge in [-0.1, -0.05) is 46.8 Å². The molecular weight excluding hydrogens is 326 g/mol. The van der Waals surface area contributed by atoms with Crippen molar-refractivity contribution in [3.63, 3.8) is 0 Å². The van der Waals surface area contributed by atoms with E-state index in [2.05, 4.69) is 34.6 Å². The van der Waals surface area contributed by atoms with Gasteiger partial charge in [-0.3, -0.25) is 4.79 Å². The average molecular weight is 357 g/mol. The van der Waals surface area contributed by atoms with Crippen molar-refractivity contribution in [2.45, 2.75) is 65.8 Å². The highest BCUT2D eigenvalue weighted by Crippen LogP contribution is 2.52. The first-order valence-electron chi connectivity index (χ1n) is 9.65. The van der Waals surface area contributed by atoms with Gasteiger partial charge in [-0.05, 0) is 53.7 Å². The van der Waals surface area contributed by atoms with Gasteiger partial charge in [0.1, 0.15) is 0 Å². The van der Waals surface area contributed by atoms with E-state index in [1.165, 1.54) is 5.56 Å². The lowest BCUT2D eigenvalue weighted by Gasteiger charge is -2.39. The lowest BCUT2D eigenvalue weighted by atomic mass is 9.65. The Bertz CT molecular complexity index is 692. The minimum Gasteiger partial charge on any atom is -0.452 e. The van der Waals surface area contributed by atoms with Gasteiger partial charge in [0.25, 0.3) is 5.91 Å². The summed E-state index contributed by atoms with van der Waals surface area (Å²) < 4.78 is 5.31. The number of esters is 1. The van der Waals surface area contributed by atoms with E-state index < -0.39 is 5.97 Å². The number of carbonyl (C=O) groups is 2. The van der Waals surface area contributed by atoms with Crippen molar-refractivity contribution < 1.29 is 14.3 Å². The van der Waals surface area contributed by atoms with Crippen LogP contribution in [0.5, 0.6) is 0 Å². The minimum absolute atomic E-state index is 0.0661. The van der Waals surface area contributed by atoms with Gasteiger partial charge < -0.3 is 9.64 Å². The Labute approximate surface area is 156 Å². The van der Waals surface area contributed by atoms with Crippen LogP contribution in [0.15, 0.2) is 24.3 Å². The first-order chi connectivity index (χ1) is 12.1. The van der Waals surface area contributed by atoms with Gasteiger partial charge >= 0.3 is 5.97 Å². The number of carbonyl (C=O) groups excluding carboxylic acids is 2. The van der Waals surface area contributed by atoms with Gasteiger partial charge in [0.15, 0.2) is 6.61 Å². The van der Waals surface area contributed by atoms with Crippen molar-refractivity contribution >= 4 is 11.9 Å². The van der Waals surface area contributed by atoms with Gasteiger partial charge in [0, 0.05) is 12.6 Å². The van der Waals surface area contributed by atoms with E-state index in [9.17, 15) is 9.59 Å². The van der Waals surface area contributed by atoms with Crippen molar-refractivity contribution in [2.75, 3.05) is 13.2 Å². The van der Waals surface area contributed by atoms with Crippen LogP contribution in [-0.4, -0.2) is 36.0 Å². The van der Waals surface area contributed by atoms with E-state index in [-0.39, 0.29) is 29.4 Å². The predicted molar refractivity (Wildman–Crippen MR) is 102 cm³/mol. The van der Waals surface area contributed by atoms with Crippen molar-refractivity contribution in [2.24, 2.45) is 10.8 Å². The molecule has 2 fully saturated rings. The van der Waals surface area contributed by atoms with E-state index in [0.717, 1.165) is 25.8 Å². The monoisotopic (exact) mass is 357 g/mol. The number of ether oxygens (including phenoxy) is 1. The van der Waals surface area contributed by atoms with Crippen molar-refractivity contribution in [1.29, 1.82) is 0 Å². The normalized spacial score (nSPS) is 26.8. The Balaban J connectivity index is 1.58. The largest absolute Gasteiger partial charge is 0.452 e. The summed E-state index contributed by atoms with van der Waals surface area (Å²) >= 11 is 0. The summed E-state index contributed by atoms with van der Waals surface area (Å²) in [5, 5.41) is 0. The van der Waals surface area contributed by atoms with Crippen LogP contribution in [0.2, 0.25) is 0 Å². The third-order valence-corrected chi connectivity index (χ3v) is 5.87. The maximum absolute atomic E-state index is 12.7. The molecule has 1 saturated heterocycles. The van der Waals surface area contributed by atoms with Crippen LogP contribution >= 0.6 is 0 Å². The first-order valence-corrected chi connectivity index (χ1v) is 9.65. The molecule has 1 amide bonds. The summed E-state index contributed by atoms with van der Waals surface area (Å²) in [6.07, 6.45) is 3.23. The lowest BCUT2D eigenvalue weighted by Crippen LogP contribution is -2.39. The molecule has 0 radical (unpaired) electrons. The highest BCUT2D eigenvalue weighted by atomic mass is 16.5. The molecule has 1 aliphatic heterocycles. The second-order valence-electron chi connectivity index (χ2n) is 9.59. The Hall–Kier alpha value is -1.84. The van der Waals surface area contributed by atoms with Crippen molar-refractivity contribution in [1.82, 2.24) is 4.90 Å². The standard InChI is InChI=1S/C22H31NO3/c1-15(2)16-6-8-17(9-7-16)20(25)26-12-19(24)23-14-22(5)11-18(23)10-21(3,4)13-22/h6-9,15,18H,10-14H2,1-5H3. The number of hydrogen-bond acceptors (Lipinski definition) is 3. The summed E-state index contributed by atoms with van der Waals surface area (Å²) in [6, 6.07) is 7.70. The summed E-state index contributed by atoms with van der Waals surface area (Å²) in [4.78, 5) is 26.9. The molecule has 26 heavy (non-hydrogen) atoms. The molecule has 4 heteroatoms. The third kappa shape index (κ3) is 3.94. The highest BCUT2D eigenvalue weighted by Gasteiger charge is 2.50. The van der Waals surface area contributed by atoms with Crippen LogP contribution in [0, 0.1) is 10.8 Å². The molecule has 0 spiro atoms. The smallest absolute Gasteiger partial charge is 0.338 e. The Morgan fingerprint density at radius 2 is 1.81 bits per heavy atom. The fourth-order valence-corrected chi connectivity index (χ4v) is 5.05. The molecule has 0 aromatic heterocycles. The number of nitrogens with zero attached hydrogens (tertiary/aromatic N) is 1. The molecule has 2 unspecified atom stereocenters. The zero-order valence-corrected chi connectivity index (χ0v) is 16.7. The summed E-state index contributed by atoms with van der Waals surface area (Å²) in [5.74, 6) is -0.0762. The average Bonchev–Trinajstić information content (AvgIpc) is 2.81. The highest BCUT2D eigenvalue weighted by molar-refractivity contribution is 5.91. The fraction of sp³-hybridized carbons (Fsp3) is 0.636. The molecule has 142 valence electrons. The molecule has 1 aromatic carbocycles. The summed E-state index contributed by atoms with van der Waals surface area (Å²) in [7, 11) is 0. The molecule has 2 atom stereocenters. The first kappa shape index (κ1) is 18.9. The molecule has 2 aliphatic rings. The van der Waals surface area contributed by atoms with E-state index in [4.69, 9.17) is 4.74 Å². The van der Waals surface area contributed by atoms with Gasteiger partial charge in [0.05, 0.1) is 5.56 Å². The predicted octanol–water partition coefficient (Wildman–Crippen LogP) is 4.39. The van der Waals surface area contributed by atoms with E-state index >= 15 is 0 Å². The number of rotatable bonds is 4. The molecule has 1 aromatic rings. The maximum atomic E-state index is 12.7. The van der Waals surface area contributed by atoms with Gasteiger partial charge in [0.2, 0.25) is 0 Å². The second-order valence-corrected chi connectivity index (χ2v) is 9.59. The van der Waals surface area contributed by atoms with Crippen LogP contribution in [0.3, 0.4) is 0 Å². The SMILES string of the molecule is CC(C)c1ccc(C(=O)OCC(=O)N2CC3(C)CC2CC(C)(C)C3)cc1. The molecule has 1 aliphatic carbocycles. The van der Waals surface area contributed by atoms with Crippen LogP contribution in [-0.2, 0) is 9.53 Å². The van der Waals surface area contributed by atoms with Gasteiger partial charge in [-0.25, -0.2) is 4.79 Å². The summed E-state index contributed by atoms with van der Waals surface area (Å²) in [5.41, 5.74) is 2.13. The van der Waals surface area contributed by atoms with E-state index in [1.807, 2.05) is 17.0 Å². The van der Waals surface area contributed by atoms with Crippen LogP contribution in [0.25, 0.3) is 0 Å². The zero-order valence-electron chi connectivity index (χ0n) is 16.7. The summed E-state index contributed by atoms with van der Waals surface area (Å²) in [6.45, 7) is 11.7. The molecule has 1 heterocycles. The Kier molecular flexibility index (Phi) is 4.89. The number of fused-ring (bicyclic) bond motifs is 2. The van der Waals surface area contributed by atoms with Crippen molar-refractivity contribution in [3.05, 3.63) is 35.4 Å². The van der Waals surface area contributed by atoms with Gasteiger partial charge in [-0.2, -0.15) is 0 Å². The number of amides is 1. The fourth-order valence-electron chi connectivity index (χ4n) is 5.05. The molecule has 1 saturated carbocycles.